The van der Waals surface area contributed by atoms with Gasteiger partial charge in [0.25, 0.3) is 11.8 Å². The number of amides is 2. The fourth-order valence-electron chi connectivity index (χ4n) is 3.22. The van der Waals surface area contributed by atoms with Crippen molar-refractivity contribution in [2.75, 3.05) is 19.9 Å². The van der Waals surface area contributed by atoms with Gasteiger partial charge in [0, 0.05) is 17.7 Å². The summed E-state index contributed by atoms with van der Waals surface area (Å²) in [6, 6.07) is 18.4. The Balaban J connectivity index is 1.96. The molecule has 2 amide bonds. The maximum absolute atomic E-state index is 12.4. The smallest absolute Gasteiger partial charge is 0.252 e. The second-order valence-corrected chi connectivity index (χ2v) is 7.33. The summed E-state index contributed by atoms with van der Waals surface area (Å²) in [6.07, 6.45) is 4.60. The number of nitrogens with zero attached hydrogens (tertiary/aromatic N) is 1. The number of carbonyl (C=O) groups is 2. The number of carbonyl (C=O) groups excluding carboxylic acids is 2. The minimum Gasteiger partial charge on any atom is -0.339 e. The van der Waals surface area contributed by atoms with Crippen molar-refractivity contribution in [3.05, 3.63) is 71.8 Å². The highest BCUT2D eigenvalue weighted by molar-refractivity contribution is 5.94. The summed E-state index contributed by atoms with van der Waals surface area (Å²) in [5, 5.41) is 5.97. The van der Waals surface area contributed by atoms with Gasteiger partial charge in [-0.1, -0.05) is 69.5 Å². The van der Waals surface area contributed by atoms with Crippen molar-refractivity contribution in [2.24, 2.45) is 5.92 Å². The summed E-state index contributed by atoms with van der Waals surface area (Å²) in [7, 11) is 0. The highest BCUT2D eigenvalue weighted by atomic mass is 16.2. The molecule has 0 aliphatic rings. The maximum Gasteiger partial charge on any atom is 0.252 e. The van der Waals surface area contributed by atoms with E-state index >= 15 is 0 Å². The van der Waals surface area contributed by atoms with E-state index in [2.05, 4.69) is 29.4 Å². The Morgan fingerprint density at radius 1 is 0.828 bits per heavy atom. The first-order valence-electron chi connectivity index (χ1n) is 10.5. The van der Waals surface area contributed by atoms with Gasteiger partial charge in [0.05, 0.1) is 13.3 Å². The molecule has 0 aliphatic carbocycles. The van der Waals surface area contributed by atoms with Gasteiger partial charge in [-0.15, -0.1) is 0 Å². The van der Waals surface area contributed by atoms with Crippen LogP contribution in [0.4, 0.5) is 0 Å². The van der Waals surface area contributed by atoms with E-state index in [9.17, 15) is 9.59 Å². The summed E-state index contributed by atoms with van der Waals surface area (Å²) >= 11 is 0. The second kappa shape index (κ2) is 12.7. The highest BCUT2D eigenvalue weighted by Crippen LogP contribution is 2.14. The van der Waals surface area contributed by atoms with Gasteiger partial charge in [0.2, 0.25) is 0 Å². The molecule has 0 aromatic heterocycles. The number of hydrogen-bond acceptors (Lipinski definition) is 3. The van der Waals surface area contributed by atoms with Crippen LogP contribution in [0.3, 0.4) is 0 Å². The molecule has 5 heteroatoms. The average Bonchev–Trinajstić information content (AvgIpc) is 2.78. The zero-order valence-electron chi connectivity index (χ0n) is 17.6. The highest BCUT2D eigenvalue weighted by Gasteiger charge is 2.15. The van der Waals surface area contributed by atoms with Gasteiger partial charge in [-0.25, -0.2) is 0 Å². The lowest BCUT2D eigenvalue weighted by Crippen LogP contribution is -2.46. The van der Waals surface area contributed by atoms with E-state index in [4.69, 9.17) is 0 Å². The molecule has 0 aliphatic heterocycles. The van der Waals surface area contributed by atoms with E-state index in [1.165, 1.54) is 12.8 Å². The van der Waals surface area contributed by atoms with Crippen molar-refractivity contribution in [1.82, 2.24) is 15.5 Å². The molecule has 0 saturated heterocycles. The lowest BCUT2D eigenvalue weighted by molar-refractivity contribution is 0.0873. The quantitative estimate of drug-likeness (QED) is 0.527. The summed E-state index contributed by atoms with van der Waals surface area (Å²) in [5.74, 6) is 0.329. The molecule has 0 radical (unpaired) electrons. The first-order chi connectivity index (χ1) is 14.1. The number of hydrogen-bond donors (Lipinski definition) is 2. The lowest BCUT2D eigenvalue weighted by atomic mass is 9.99. The lowest BCUT2D eigenvalue weighted by Gasteiger charge is -2.27. The normalized spacial score (nSPS) is 11.8. The Bertz CT molecular complexity index is 679. The molecule has 2 rings (SSSR count). The minimum absolute atomic E-state index is 0.105. The van der Waals surface area contributed by atoms with E-state index < -0.39 is 0 Å². The molecule has 0 saturated carbocycles. The van der Waals surface area contributed by atoms with Gasteiger partial charge in [0.1, 0.15) is 0 Å². The van der Waals surface area contributed by atoms with Crippen LogP contribution in [0.1, 0.15) is 60.2 Å². The number of nitrogens with one attached hydrogen (secondary N) is 2. The third kappa shape index (κ3) is 8.08. The maximum atomic E-state index is 12.4. The van der Waals surface area contributed by atoms with Crippen molar-refractivity contribution < 1.29 is 9.59 Å². The molecule has 0 fully saturated rings. The van der Waals surface area contributed by atoms with Gasteiger partial charge >= 0.3 is 0 Å². The van der Waals surface area contributed by atoms with Gasteiger partial charge in [-0.3, -0.25) is 14.5 Å². The van der Waals surface area contributed by atoms with Gasteiger partial charge in [-0.2, -0.15) is 0 Å². The van der Waals surface area contributed by atoms with E-state index in [1.54, 1.807) is 24.3 Å². The zero-order valence-corrected chi connectivity index (χ0v) is 17.6. The molecule has 1 atom stereocenters. The van der Waals surface area contributed by atoms with Crippen LogP contribution in [-0.2, 0) is 0 Å². The van der Waals surface area contributed by atoms with E-state index in [-0.39, 0.29) is 11.8 Å². The Hall–Kier alpha value is -2.66. The van der Waals surface area contributed by atoms with Crippen molar-refractivity contribution in [3.63, 3.8) is 0 Å². The Morgan fingerprint density at radius 2 is 1.31 bits per heavy atom. The average molecular weight is 396 g/mol. The molecule has 156 valence electrons. The molecule has 0 spiro atoms. The Labute approximate surface area is 174 Å². The van der Waals surface area contributed by atoms with Crippen LogP contribution in [0.15, 0.2) is 60.7 Å². The molecular formula is C24H33N3O2. The van der Waals surface area contributed by atoms with E-state index in [0.29, 0.717) is 30.4 Å². The number of rotatable bonds is 12. The predicted molar refractivity (Wildman–Crippen MR) is 118 cm³/mol. The predicted octanol–water partition coefficient (Wildman–Crippen LogP) is 4.28. The molecule has 2 aromatic rings. The van der Waals surface area contributed by atoms with Crippen molar-refractivity contribution in [2.45, 2.75) is 39.5 Å². The fraction of sp³-hybridized carbons (Fsp3) is 0.417. The Morgan fingerprint density at radius 3 is 1.72 bits per heavy atom. The van der Waals surface area contributed by atoms with Gasteiger partial charge in [0.15, 0.2) is 0 Å². The summed E-state index contributed by atoms with van der Waals surface area (Å²) in [4.78, 5) is 26.9. The van der Waals surface area contributed by atoms with Crippen molar-refractivity contribution in [3.8, 4) is 0 Å². The number of unbranched alkanes of at least 4 members (excludes halogenated alkanes) is 1. The largest absolute Gasteiger partial charge is 0.339 e. The summed E-state index contributed by atoms with van der Waals surface area (Å²) < 4.78 is 0. The van der Waals surface area contributed by atoms with Crippen LogP contribution in [0.2, 0.25) is 0 Å². The summed E-state index contributed by atoms with van der Waals surface area (Å²) in [5.41, 5.74) is 1.28. The molecule has 0 heterocycles. The first kappa shape index (κ1) is 22.6. The molecule has 0 bridgehead atoms. The molecule has 2 N–H and O–H groups in total. The first-order valence-corrected chi connectivity index (χ1v) is 10.5. The minimum atomic E-state index is -0.105. The van der Waals surface area contributed by atoms with Crippen molar-refractivity contribution in [1.29, 1.82) is 0 Å². The monoisotopic (exact) mass is 395 g/mol. The summed E-state index contributed by atoms with van der Waals surface area (Å²) in [6.45, 7) is 6.02. The van der Waals surface area contributed by atoms with Crippen LogP contribution in [0.5, 0.6) is 0 Å². The van der Waals surface area contributed by atoms with E-state index in [1.807, 2.05) is 36.4 Å². The van der Waals surface area contributed by atoms with Gasteiger partial charge < -0.3 is 10.6 Å². The van der Waals surface area contributed by atoms with Gasteiger partial charge in [-0.05, 0) is 36.6 Å². The Kier molecular flexibility index (Phi) is 9.93. The molecular weight excluding hydrogens is 362 g/mol. The molecule has 1 unspecified atom stereocenters. The van der Waals surface area contributed by atoms with Crippen molar-refractivity contribution >= 4 is 11.8 Å². The van der Waals surface area contributed by atoms with Crippen LogP contribution in [0, 0.1) is 5.92 Å². The number of benzene rings is 2. The van der Waals surface area contributed by atoms with Crippen LogP contribution in [-0.4, -0.2) is 36.6 Å². The third-order valence-electron chi connectivity index (χ3n) is 5.06. The molecule has 2 aromatic carbocycles. The second-order valence-electron chi connectivity index (χ2n) is 7.33. The zero-order chi connectivity index (χ0) is 20.9. The van der Waals surface area contributed by atoms with Crippen LogP contribution in [0.25, 0.3) is 0 Å². The van der Waals surface area contributed by atoms with Crippen LogP contribution >= 0.6 is 0 Å². The third-order valence-corrected chi connectivity index (χ3v) is 5.06. The standard InChI is InChI=1S/C24H33N3O2/c1-3-5-12-20(4-2)17-27(18-25-23(28)21-13-8-6-9-14-21)19-26-24(29)22-15-10-7-11-16-22/h6-11,13-16,20H,3-5,12,17-19H2,1-2H3,(H,25,28)(H,26,29). The molecule has 29 heavy (non-hydrogen) atoms. The van der Waals surface area contributed by atoms with Crippen LogP contribution < -0.4 is 10.6 Å². The van der Waals surface area contributed by atoms with E-state index in [0.717, 1.165) is 19.4 Å². The SMILES string of the molecule is CCCCC(CC)CN(CNC(=O)c1ccccc1)CNC(=O)c1ccccc1. The fourth-order valence-corrected chi connectivity index (χ4v) is 3.22. The molecule has 5 nitrogen and oxygen atoms in total. The topological polar surface area (TPSA) is 61.4 Å².